The number of nitrogens with zero attached hydrogens (tertiary/aromatic N) is 2. The molecule has 1 saturated heterocycles. The van der Waals surface area contributed by atoms with E-state index in [-0.39, 0.29) is 24.3 Å². The molecule has 2 amide bonds. The topological polar surface area (TPSA) is 71.0 Å². The van der Waals surface area contributed by atoms with E-state index in [2.05, 4.69) is 10.5 Å². The van der Waals surface area contributed by atoms with Crippen molar-refractivity contribution < 1.29 is 14.4 Å². The summed E-state index contributed by atoms with van der Waals surface area (Å²) < 4.78 is 0. The number of benzene rings is 3. The standard InChI is InChI=1S/C29H31N3O3/c1-2-35-31-25-18-26(19-27(33)30-20-22-12-6-3-7-13-22)32(21-25)29(34)28(23-14-8-4-9-15-23)24-16-10-5-11-17-24/h3-17,26,28H,2,18-21H2,1H3,(H,30,33)/t26-/m0/s1. The molecule has 180 valence electrons. The third-order valence-electron chi connectivity index (χ3n) is 6.14. The van der Waals surface area contributed by atoms with E-state index in [0.29, 0.717) is 26.1 Å². The van der Waals surface area contributed by atoms with Crippen molar-refractivity contribution in [2.75, 3.05) is 13.2 Å². The van der Waals surface area contributed by atoms with Crippen molar-refractivity contribution in [3.63, 3.8) is 0 Å². The Bertz CT molecular complexity index is 1090. The van der Waals surface area contributed by atoms with E-state index in [0.717, 1.165) is 22.4 Å². The van der Waals surface area contributed by atoms with Crippen molar-refractivity contribution >= 4 is 17.5 Å². The molecule has 4 rings (SSSR count). The molecule has 6 heteroatoms. The van der Waals surface area contributed by atoms with Crippen LogP contribution in [0.15, 0.2) is 96.2 Å². The van der Waals surface area contributed by atoms with Crippen LogP contribution in [-0.2, 0) is 21.0 Å². The fourth-order valence-corrected chi connectivity index (χ4v) is 4.45. The monoisotopic (exact) mass is 469 g/mol. The van der Waals surface area contributed by atoms with Gasteiger partial charge in [-0.3, -0.25) is 9.59 Å². The molecule has 3 aromatic rings. The number of hydrogen-bond acceptors (Lipinski definition) is 4. The SMILES string of the molecule is CCON=C1C[C@@H](CC(=O)NCc2ccccc2)N(C(=O)C(c2ccccc2)c2ccccc2)C1. The molecule has 0 aromatic heterocycles. The van der Waals surface area contributed by atoms with Gasteiger partial charge < -0.3 is 15.1 Å². The minimum Gasteiger partial charge on any atom is -0.396 e. The highest BCUT2D eigenvalue weighted by Crippen LogP contribution is 2.31. The van der Waals surface area contributed by atoms with Gasteiger partial charge in [-0.2, -0.15) is 0 Å². The lowest BCUT2D eigenvalue weighted by molar-refractivity contribution is -0.133. The summed E-state index contributed by atoms with van der Waals surface area (Å²) in [4.78, 5) is 34.0. The highest BCUT2D eigenvalue weighted by molar-refractivity contribution is 5.97. The van der Waals surface area contributed by atoms with Gasteiger partial charge in [-0.1, -0.05) is 96.2 Å². The Labute approximate surface area is 206 Å². The quantitative estimate of drug-likeness (QED) is 0.469. The molecule has 1 aliphatic rings. The van der Waals surface area contributed by atoms with Gasteiger partial charge >= 0.3 is 0 Å². The van der Waals surface area contributed by atoms with Gasteiger partial charge in [0, 0.05) is 25.4 Å². The summed E-state index contributed by atoms with van der Waals surface area (Å²) in [6.45, 7) is 3.14. The van der Waals surface area contributed by atoms with Crippen molar-refractivity contribution in [3.8, 4) is 0 Å². The van der Waals surface area contributed by atoms with Crippen molar-refractivity contribution in [3.05, 3.63) is 108 Å². The molecule has 1 aliphatic heterocycles. The second-order valence-electron chi connectivity index (χ2n) is 8.62. The Morgan fingerprint density at radius 3 is 2.09 bits per heavy atom. The number of carbonyl (C=O) groups excluding carboxylic acids is 2. The maximum atomic E-state index is 14.0. The number of amides is 2. The Balaban J connectivity index is 1.55. The van der Waals surface area contributed by atoms with Crippen molar-refractivity contribution in [1.29, 1.82) is 0 Å². The van der Waals surface area contributed by atoms with Crippen LogP contribution in [0.1, 0.15) is 42.4 Å². The molecule has 0 spiro atoms. The van der Waals surface area contributed by atoms with Crippen LogP contribution in [-0.4, -0.2) is 41.6 Å². The Kier molecular flexibility index (Phi) is 8.28. The van der Waals surface area contributed by atoms with E-state index in [4.69, 9.17) is 4.84 Å². The molecule has 0 radical (unpaired) electrons. The molecule has 35 heavy (non-hydrogen) atoms. The van der Waals surface area contributed by atoms with Gasteiger partial charge in [0.2, 0.25) is 11.8 Å². The number of rotatable bonds is 9. The van der Waals surface area contributed by atoms with Crippen LogP contribution in [0.25, 0.3) is 0 Å². The Hall–Kier alpha value is -3.93. The van der Waals surface area contributed by atoms with Gasteiger partial charge in [-0.25, -0.2) is 0 Å². The van der Waals surface area contributed by atoms with Crippen LogP contribution < -0.4 is 5.32 Å². The smallest absolute Gasteiger partial charge is 0.235 e. The van der Waals surface area contributed by atoms with Crippen LogP contribution in [0.4, 0.5) is 0 Å². The fourth-order valence-electron chi connectivity index (χ4n) is 4.45. The van der Waals surface area contributed by atoms with Gasteiger partial charge in [0.1, 0.15) is 6.61 Å². The van der Waals surface area contributed by atoms with Crippen LogP contribution in [0.3, 0.4) is 0 Å². The average molecular weight is 470 g/mol. The van der Waals surface area contributed by atoms with Crippen molar-refractivity contribution in [1.82, 2.24) is 10.2 Å². The summed E-state index contributed by atoms with van der Waals surface area (Å²) in [6.07, 6.45) is 0.723. The van der Waals surface area contributed by atoms with Crippen molar-refractivity contribution in [2.45, 2.75) is 38.3 Å². The predicted octanol–water partition coefficient (Wildman–Crippen LogP) is 4.52. The molecular weight excluding hydrogens is 438 g/mol. The number of nitrogens with one attached hydrogen (secondary N) is 1. The zero-order valence-corrected chi connectivity index (χ0v) is 20.0. The molecule has 6 nitrogen and oxygen atoms in total. The van der Waals surface area contributed by atoms with E-state index < -0.39 is 5.92 Å². The first-order valence-electron chi connectivity index (χ1n) is 12.0. The Morgan fingerprint density at radius 2 is 1.51 bits per heavy atom. The molecule has 3 aromatic carbocycles. The number of carbonyl (C=O) groups is 2. The maximum absolute atomic E-state index is 14.0. The predicted molar refractivity (Wildman–Crippen MR) is 137 cm³/mol. The first kappa shape index (κ1) is 24.2. The average Bonchev–Trinajstić information content (AvgIpc) is 3.30. The van der Waals surface area contributed by atoms with Gasteiger partial charge in [0.25, 0.3) is 0 Å². The first-order chi connectivity index (χ1) is 17.2. The van der Waals surface area contributed by atoms with Gasteiger partial charge in [0.05, 0.1) is 18.2 Å². The minimum absolute atomic E-state index is 0.0371. The lowest BCUT2D eigenvalue weighted by Crippen LogP contribution is -2.41. The third-order valence-corrected chi connectivity index (χ3v) is 6.14. The molecule has 0 unspecified atom stereocenters. The number of hydrogen-bond donors (Lipinski definition) is 1. The number of likely N-dealkylation sites (tertiary alicyclic amines) is 1. The van der Waals surface area contributed by atoms with E-state index in [1.165, 1.54) is 0 Å². The summed E-state index contributed by atoms with van der Waals surface area (Å²) in [6, 6.07) is 29.1. The van der Waals surface area contributed by atoms with Crippen LogP contribution >= 0.6 is 0 Å². The lowest BCUT2D eigenvalue weighted by Gasteiger charge is -2.29. The summed E-state index contributed by atoms with van der Waals surface area (Å²) in [5, 5.41) is 7.21. The molecule has 1 atom stereocenters. The van der Waals surface area contributed by atoms with Gasteiger partial charge in [-0.05, 0) is 23.6 Å². The molecule has 1 heterocycles. The van der Waals surface area contributed by atoms with E-state index >= 15 is 0 Å². The summed E-state index contributed by atoms with van der Waals surface area (Å²) in [5.74, 6) is -0.589. The molecular formula is C29H31N3O3. The van der Waals surface area contributed by atoms with E-state index in [1.54, 1.807) is 4.90 Å². The minimum atomic E-state index is -0.460. The molecule has 0 bridgehead atoms. The summed E-state index contributed by atoms with van der Waals surface area (Å²) in [7, 11) is 0. The van der Waals surface area contributed by atoms with Crippen molar-refractivity contribution in [2.24, 2.45) is 5.16 Å². The molecule has 0 saturated carbocycles. The normalized spacial score (nSPS) is 16.5. The summed E-state index contributed by atoms with van der Waals surface area (Å²) >= 11 is 0. The van der Waals surface area contributed by atoms with E-state index in [1.807, 2.05) is 97.9 Å². The largest absolute Gasteiger partial charge is 0.396 e. The fraction of sp³-hybridized carbons (Fsp3) is 0.276. The van der Waals surface area contributed by atoms with Crippen LogP contribution in [0.2, 0.25) is 0 Å². The highest BCUT2D eigenvalue weighted by Gasteiger charge is 2.38. The van der Waals surface area contributed by atoms with Crippen LogP contribution in [0, 0.1) is 0 Å². The zero-order chi connectivity index (χ0) is 24.5. The first-order valence-corrected chi connectivity index (χ1v) is 12.0. The summed E-state index contributed by atoms with van der Waals surface area (Å²) in [5.41, 5.74) is 3.66. The maximum Gasteiger partial charge on any atom is 0.235 e. The highest BCUT2D eigenvalue weighted by atomic mass is 16.6. The molecule has 1 N–H and O–H groups in total. The van der Waals surface area contributed by atoms with Crippen LogP contribution in [0.5, 0.6) is 0 Å². The number of oxime groups is 1. The second kappa shape index (κ2) is 12.0. The lowest BCUT2D eigenvalue weighted by atomic mass is 9.89. The van der Waals surface area contributed by atoms with E-state index in [9.17, 15) is 9.59 Å². The van der Waals surface area contributed by atoms with Gasteiger partial charge in [-0.15, -0.1) is 0 Å². The molecule has 0 aliphatic carbocycles. The second-order valence-corrected chi connectivity index (χ2v) is 8.62. The zero-order valence-electron chi connectivity index (χ0n) is 20.0. The molecule has 1 fully saturated rings. The Morgan fingerprint density at radius 1 is 0.943 bits per heavy atom. The van der Waals surface area contributed by atoms with Gasteiger partial charge in [0.15, 0.2) is 0 Å². The third kappa shape index (κ3) is 6.35.